The minimum atomic E-state index is -0.970. The molecular weight excluding hydrogens is 282 g/mol. The Balaban J connectivity index is 2.43. The van der Waals surface area contributed by atoms with E-state index in [2.05, 4.69) is 5.32 Å². The first-order valence-corrected chi connectivity index (χ1v) is 6.35. The zero-order chi connectivity index (χ0) is 15.0. The maximum Gasteiger partial charge on any atom is 0.306 e. The molecule has 0 bridgehead atoms. The minimum Gasteiger partial charge on any atom is -0.481 e. The summed E-state index contributed by atoms with van der Waals surface area (Å²) in [5.74, 6) is -1.28. The predicted molar refractivity (Wildman–Crippen MR) is 76.5 cm³/mol. The number of carboxylic acids is 1. The molecule has 0 spiro atoms. The summed E-state index contributed by atoms with van der Waals surface area (Å²) in [7, 11) is 1.41. The van der Waals surface area contributed by atoms with Crippen LogP contribution in [-0.2, 0) is 14.3 Å². The molecule has 0 aromatic heterocycles. The molecule has 1 rings (SSSR count). The molecule has 0 aliphatic heterocycles. The van der Waals surface area contributed by atoms with Crippen LogP contribution in [0.3, 0.4) is 0 Å². The highest BCUT2D eigenvalue weighted by molar-refractivity contribution is 6.30. The molecule has 0 saturated heterocycles. The molecule has 1 unspecified atom stereocenters. The molecule has 20 heavy (non-hydrogen) atoms. The largest absolute Gasteiger partial charge is 0.481 e. The zero-order valence-electron chi connectivity index (χ0n) is 11.0. The summed E-state index contributed by atoms with van der Waals surface area (Å²) >= 11 is 5.75. The Labute approximate surface area is 122 Å². The number of methoxy groups -OCH3 is 1. The van der Waals surface area contributed by atoms with Gasteiger partial charge in [0.25, 0.3) is 0 Å². The van der Waals surface area contributed by atoms with Crippen LogP contribution >= 0.6 is 11.6 Å². The molecule has 0 saturated carbocycles. The van der Waals surface area contributed by atoms with Crippen molar-refractivity contribution in [3.8, 4) is 0 Å². The summed E-state index contributed by atoms with van der Waals surface area (Å²) in [6, 6.07) is 7.03. The topological polar surface area (TPSA) is 75.6 Å². The smallest absolute Gasteiger partial charge is 0.306 e. The van der Waals surface area contributed by atoms with Crippen LogP contribution in [0.5, 0.6) is 0 Å². The van der Waals surface area contributed by atoms with Crippen LogP contribution in [0.1, 0.15) is 12.0 Å². The highest BCUT2D eigenvalue weighted by atomic mass is 35.5. The second-order valence-electron chi connectivity index (χ2n) is 4.09. The Hall–Kier alpha value is -1.85. The fraction of sp³-hybridized carbons (Fsp3) is 0.286. The van der Waals surface area contributed by atoms with Crippen LogP contribution < -0.4 is 5.32 Å². The molecule has 0 fully saturated rings. The number of aliphatic carboxylic acids is 1. The van der Waals surface area contributed by atoms with Gasteiger partial charge in [-0.1, -0.05) is 23.7 Å². The van der Waals surface area contributed by atoms with Crippen molar-refractivity contribution < 1.29 is 19.4 Å². The lowest BCUT2D eigenvalue weighted by atomic mass is 10.2. The van der Waals surface area contributed by atoms with Gasteiger partial charge in [0.2, 0.25) is 5.91 Å². The van der Waals surface area contributed by atoms with Crippen LogP contribution in [0.15, 0.2) is 30.3 Å². The number of halogens is 1. The van der Waals surface area contributed by atoms with Crippen LogP contribution in [0.4, 0.5) is 0 Å². The average molecular weight is 298 g/mol. The monoisotopic (exact) mass is 297 g/mol. The molecule has 1 aromatic carbocycles. The third kappa shape index (κ3) is 6.36. The number of carboxylic acid groups (broad SMARTS) is 1. The Morgan fingerprint density at radius 2 is 2.05 bits per heavy atom. The number of carbonyl (C=O) groups excluding carboxylic acids is 1. The molecule has 1 aromatic rings. The maximum atomic E-state index is 11.6. The van der Waals surface area contributed by atoms with E-state index >= 15 is 0 Å². The van der Waals surface area contributed by atoms with Gasteiger partial charge >= 0.3 is 5.97 Å². The molecule has 1 atom stereocenters. The minimum absolute atomic E-state index is 0.145. The van der Waals surface area contributed by atoms with Gasteiger partial charge in [-0.25, -0.2) is 0 Å². The third-order valence-corrected chi connectivity index (χ3v) is 2.79. The lowest BCUT2D eigenvalue weighted by Crippen LogP contribution is -2.33. The number of nitrogens with one attached hydrogen (secondary N) is 1. The van der Waals surface area contributed by atoms with Gasteiger partial charge in [-0.2, -0.15) is 0 Å². The molecule has 1 amide bonds. The Bertz CT molecular complexity index is 484. The average Bonchev–Trinajstić information content (AvgIpc) is 2.42. The zero-order valence-corrected chi connectivity index (χ0v) is 11.8. The summed E-state index contributed by atoms with van der Waals surface area (Å²) in [4.78, 5) is 22.1. The summed E-state index contributed by atoms with van der Waals surface area (Å²) in [5, 5.41) is 11.8. The van der Waals surface area contributed by atoms with Crippen molar-refractivity contribution in [2.45, 2.75) is 12.5 Å². The molecule has 108 valence electrons. The van der Waals surface area contributed by atoms with E-state index in [-0.39, 0.29) is 18.9 Å². The lowest BCUT2D eigenvalue weighted by molar-refractivity contribution is -0.140. The third-order valence-electron chi connectivity index (χ3n) is 2.54. The Morgan fingerprint density at radius 3 is 2.60 bits per heavy atom. The van der Waals surface area contributed by atoms with E-state index in [1.165, 1.54) is 13.2 Å². The second-order valence-corrected chi connectivity index (χ2v) is 4.52. The summed E-state index contributed by atoms with van der Waals surface area (Å²) in [6.45, 7) is 0.145. The van der Waals surface area contributed by atoms with E-state index in [4.69, 9.17) is 21.4 Å². The number of amides is 1. The Morgan fingerprint density at radius 1 is 1.40 bits per heavy atom. The fourth-order valence-electron chi connectivity index (χ4n) is 1.45. The molecule has 0 radical (unpaired) electrons. The van der Waals surface area contributed by atoms with Crippen molar-refractivity contribution in [1.29, 1.82) is 0 Å². The SMILES string of the molecule is COC(CNC(=O)/C=C/c1ccc(Cl)cc1)CC(=O)O. The summed E-state index contributed by atoms with van der Waals surface area (Å²) < 4.78 is 4.95. The Kier molecular flexibility index (Phi) is 6.76. The molecule has 0 aliphatic rings. The standard InChI is InChI=1S/C14H16ClNO4/c1-20-12(8-14(18)19)9-16-13(17)7-4-10-2-5-11(15)6-3-10/h2-7,12H,8-9H2,1H3,(H,16,17)(H,18,19)/b7-4+. The van der Waals surface area contributed by atoms with Crippen molar-refractivity contribution >= 4 is 29.6 Å². The van der Waals surface area contributed by atoms with Crippen LogP contribution in [0.2, 0.25) is 5.02 Å². The van der Waals surface area contributed by atoms with Gasteiger partial charge in [0, 0.05) is 24.8 Å². The van der Waals surface area contributed by atoms with Gasteiger partial charge in [0.15, 0.2) is 0 Å². The van der Waals surface area contributed by atoms with Crippen molar-refractivity contribution in [3.05, 3.63) is 40.9 Å². The van der Waals surface area contributed by atoms with E-state index in [0.29, 0.717) is 5.02 Å². The van der Waals surface area contributed by atoms with Gasteiger partial charge in [-0.15, -0.1) is 0 Å². The highest BCUT2D eigenvalue weighted by Crippen LogP contribution is 2.10. The van der Waals surface area contributed by atoms with Gasteiger partial charge in [-0.3, -0.25) is 9.59 Å². The summed E-state index contributed by atoms with van der Waals surface area (Å²) in [5.41, 5.74) is 0.846. The molecule has 6 heteroatoms. The summed E-state index contributed by atoms with van der Waals surface area (Å²) in [6.07, 6.45) is 2.32. The molecular formula is C14H16ClNO4. The second kappa shape index (κ2) is 8.35. The van der Waals surface area contributed by atoms with Gasteiger partial charge in [-0.05, 0) is 23.8 Å². The molecule has 0 aliphatic carbocycles. The maximum absolute atomic E-state index is 11.6. The van der Waals surface area contributed by atoms with E-state index < -0.39 is 12.1 Å². The predicted octanol–water partition coefficient (Wildman–Crippen LogP) is 1.96. The van der Waals surface area contributed by atoms with Crippen LogP contribution in [-0.4, -0.2) is 36.7 Å². The van der Waals surface area contributed by atoms with Gasteiger partial charge < -0.3 is 15.2 Å². The van der Waals surface area contributed by atoms with Crippen molar-refractivity contribution in [1.82, 2.24) is 5.32 Å². The van der Waals surface area contributed by atoms with E-state index in [1.807, 2.05) is 0 Å². The first-order chi connectivity index (χ1) is 9.51. The fourth-order valence-corrected chi connectivity index (χ4v) is 1.58. The number of carbonyl (C=O) groups is 2. The van der Waals surface area contributed by atoms with Crippen LogP contribution in [0.25, 0.3) is 6.08 Å². The van der Waals surface area contributed by atoms with Crippen molar-refractivity contribution in [3.63, 3.8) is 0 Å². The number of ether oxygens (including phenoxy) is 1. The quantitative estimate of drug-likeness (QED) is 0.754. The van der Waals surface area contributed by atoms with Gasteiger partial charge in [0.1, 0.15) is 0 Å². The number of rotatable bonds is 7. The van der Waals surface area contributed by atoms with E-state index in [0.717, 1.165) is 5.56 Å². The normalized spacial score (nSPS) is 12.3. The van der Waals surface area contributed by atoms with Crippen molar-refractivity contribution in [2.24, 2.45) is 0 Å². The number of benzene rings is 1. The number of hydrogen-bond donors (Lipinski definition) is 2. The highest BCUT2D eigenvalue weighted by Gasteiger charge is 2.12. The molecule has 0 heterocycles. The van der Waals surface area contributed by atoms with Gasteiger partial charge in [0.05, 0.1) is 12.5 Å². The lowest BCUT2D eigenvalue weighted by Gasteiger charge is -2.12. The molecule has 2 N–H and O–H groups in total. The van der Waals surface area contributed by atoms with Crippen LogP contribution in [0, 0.1) is 0 Å². The van der Waals surface area contributed by atoms with Crippen molar-refractivity contribution in [2.75, 3.05) is 13.7 Å². The van der Waals surface area contributed by atoms with E-state index in [1.54, 1.807) is 30.3 Å². The first-order valence-electron chi connectivity index (χ1n) is 5.97. The molecule has 5 nitrogen and oxygen atoms in total. The number of hydrogen-bond acceptors (Lipinski definition) is 3. The van der Waals surface area contributed by atoms with E-state index in [9.17, 15) is 9.59 Å². The first kappa shape index (κ1) is 16.2.